The number of carbonyl (C=O) groups is 1. The number of nitro groups is 1. The third-order valence-corrected chi connectivity index (χ3v) is 3.28. The van der Waals surface area contributed by atoms with Crippen LogP contribution in [-0.4, -0.2) is 15.9 Å². The number of nitrogens with one attached hydrogen (secondary N) is 2. The van der Waals surface area contributed by atoms with Crippen LogP contribution in [0.4, 0.5) is 17.1 Å². The molecule has 8 nitrogen and oxygen atoms in total. The molecule has 3 N–H and O–H groups in total. The number of carbonyl (C=O) groups excluding carboxylic acids is 1. The van der Waals surface area contributed by atoms with Crippen LogP contribution in [0.3, 0.4) is 0 Å². The van der Waals surface area contributed by atoms with E-state index in [1.807, 2.05) is 0 Å². The van der Waals surface area contributed by atoms with Gasteiger partial charge < -0.3 is 15.7 Å². The molecule has 0 bridgehead atoms. The zero-order valence-electron chi connectivity index (χ0n) is 12.6. The predicted octanol–water partition coefficient (Wildman–Crippen LogP) is 3.41. The van der Waals surface area contributed by atoms with Crippen LogP contribution in [0, 0.1) is 21.4 Å². The Morgan fingerprint density at radius 3 is 2.68 bits per heavy atom. The van der Waals surface area contributed by atoms with E-state index in [1.165, 1.54) is 42.5 Å². The van der Waals surface area contributed by atoms with Crippen molar-refractivity contribution in [2.24, 2.45) is 0 Å². The van der Waals surface area contributed by atoms with Gasteiger partial charge in [-0.1, -0.05) is 23.7 Å². The third-order valence-electron chi connectivity index (χ3n) is 3.04. The van der Waals surface area contributed by atoms with Gasteiger partial charge in [-0.2, -0.15) is 5.26 Å². The van der Waals surface area contributed by atoms with E-state index in [-0.39, 0.29) is 28.4 Å². The van der Waals surface area contributed by atoms with E-state index in [9.17, 15) is 20.0 Å². The standard InChI is InChI=1S/C16H11ClN4O4/c17-11-5-6-15(22)13(7-11)19-9-10(8-18)16(23)20-12-3-1-2-4-14(12)21(24)25/h1-7,9,19,22H,(H,20,23)/b10-9-. The lowest BCUT2D eigenvalue weighted by Crippen LogP contribution is -2.15. The molecule has 0 aromatic heterocycles. The van der Waals surface area contributed by atoms with Gasteiger partial charge >= 0.3 is 0 Å². The van der Waals surface area contributed by atoms with Crippen LogP contribution in [-0.2, 0) is 4.79 Å². The number of halogens is 1. The number of hydrogen-bond acceptors (Lipinski definition) is 6. The van der Waals surface area contributed by atoms with Crippen molar-refractivity contribution in [2.75, 3.05) is 10.6 Å². The fraction of sp³-hybridized carbons (Fsp3) is 0. The summed E-state index contributed by atoms with van der Waals surface area (Å²) < 4.78 is 0. The first-order chi connectivity index (χ1) is 11.9. The first-order valence-corrected chi connectivity index (χ1v) is 7.20. The number of anilines is 2. The molecule has 1 amide bonds. The summed E-state index contributed by atoms with van der Waals surface area (Å²) in [4.78, 5) is 22.4. The highest BCUT2D eigenvalue weighted by atomic mass is 35.5. The summed E-state index contributed by atoms with van der Waals surface area (Å²) in [6, 6.07) is 11.4. The van der Waals surface area contributed by atoms with E-state index in [1.54, 1.807) is 6.07 Å². The molecule has 0 saturated heterocycles. The number of nitriles is 1. The molecule has 25 heavy (non-hydrogen) atoms. The zero-order valence-corrected chi connectivity index (χ0v) is 13.3. The maximum Gasteiger partial charge on any atom is 0.292 e. The average Bonchev–Trinajstić information content (AvgIpc) is 2.58. The Morgan fingerprint density at radius 1 is 1.28 bits per heavy atom. The van der Waals surface area contributed by atoms with Gasteiger partial charge in [-0.05, 0) is 24.3 Å². The van der Waals surface area contributed by atoms with Crippen LogP contribution in [0.15, 0.2) is 54.2 Å². The first-order valence-electron chi connectivity index (χ1n) is 6.82. The second-order valence-electron chi connectivity index (χ2n) is 4.70. The van der Waals surface area contributed by atoms with Gasteiger partial charge in [0.15, 0.2) is 0 Å². The minimum absolute atomic E-state index is 0.0377. The maximum atomic E-state index is 12.1. The number of nitro benzene ring substituents is 1. The molecule has 0 aliphatic rings. The SMILES string of the molecule is N#C/C(=C/Nc1cc(Cl)ccc1O)C(=O)Nc1ccccc1[N+](=O)[O-]. The molecule has 0 spiro atoms. The second kappa shape index (κ2) is 7.81. The Morgan fingerprint density at radius 2 is 2.00 bits per heavy atom. The number of benzene rings is 2. The number of hydrogen-bond donors (Lipinski definition) is 3. The van der Waals surface area contributed by atoms with Crippen molar-refractivity contribution in [2.45, 2.75) is 0 Å². The van der Waals surface area contributed by atoms with Crippen LogP contribution in [0.1, 0.15) is 0 Å². The Kier molecular flexibility index (Phi) is 5.55. The van der Waals surface area contributed by atoms with Gasteiger partial charge in [-0.3, -0.25) is 14.9 Å². The van der Waals surface area contributed by atoms with Crippen molar-refractivity contribution < 1.29 is 14.8 Å². The lowest BCUT2D eigenvalue weighted by atomic mass is 10.2. The summed E-state index contributed by atoms with van der Waals surface area (Å²) in [5, 5.41) is 35.0. The molecule has 0 aliphatic heterocycles. The Balaban J connectivity index is 2.20. The fourth-order valence-corrected chi connectivity index (χ4v) is 2.02. The molecular weight excluding hydrogens is 348 g/mol. The lowest BCUT2D eigenvalue weighted by molar-refractivity contribution is -0.383. The van der Waals surface area contributed by atoms with Crippen LogP contribution < -0.4 is 10.6 Å². The Bertz CT molecular complexity index is 905. The predicted molar refractivity (Wildman–Crippen MR) is 92.2 cm³/mol. The van der Waals surface area contributed by atoms with Crippen LogP contribution >= 0.6 is 11.6 Å². The average molecular weight is 359 g/mol. The van der Waals surface area contributed by atoms with E-state index in [0.29, 0.717) is 5.02 Å². The van der Waals surface area contributed by atoms with Gasteiger partial charge in [0.2, 0.25) is 0 Å². The molecule has 0 heterocycles. The minimum atomic E-state index is -0.842. The van der Waals surface area contributed by atoms with Crippen LogP contribution in [0.25, 0.3) is 0 Å². The number of aromatic hydroxyl groups is 1. The summed E-state index contributed by atoms with van der Waals surface area (Å²) in [5.41, 5.74) is -0.492. The molecule has 9 heteroatoms. The van der Waals surface area contributed by atoms with Crippen molar-refractivity contribution in [3.05, 3.63) is 69.4 Å². The minimum Gasteiger partial charge on any atom is -0.506 e. The number of para-hydroxylation sites is 2. The normalized spacial score (nSPS) is 10.6. The molecule has 126 valence electrons. The Labute approximate surface area is 147 Å². The Hall–Kier alpha value is -3.57. The van der Waals surface area contributed by atoms with Gasteiger partial charge in [-0.15, -0.1) is 0 Å². The molecule has 0 unspecified atom stereocenters. The molecule has 2 aromatic rings. The molecule has 0 saturated carbocycles. The summed E-state index contributed by atoms with van der Waals surface area (Å²) >= 11 is 5.80. The molecule has 0 aliphatic carbocycles. The smallest absolute Gasteiger partial charge is 0.292 e. The monoisotopic (exact) mass is 358 g/mol. The van der Waals surface area contributed by atoms with E-state index < -0.39 is 10.8 Å². The van der Waals surface area contributed by atoms with E-state index in [2.05, 4.69) is 10.6 Å². The number of nitrogens with zero attached hydrogens (tertiary/aromatic N) is 2. The van der Waals surface area contributed by atoms with Gasteiger partial charge in [0.25, 0.3) is 11.6 Å². The summed E-state index contributed by atoms with van der Waals surface area (Å²) in [6.45, 7) is 0. The first kappa shape index (κ1) is 17.8. The second-order valence-corrected chi connectivity index (χ2v) is 5.14. The fourth-order valence-electron chi connectivity index (χ4n) is 1.85. The molecule has 0 fully saturated rings. The summed E-state index contributed by atoms with van der Waals surface area (Å²) in [5.74, 6) is -0.970. The molecule has 2 aromatic carbocycles. The summed E-state index contributed by atoms with van der Waals surface area (Å²) in [7, 11) is 0. The highest BCUT2D eigenvalue weighted by Crippen LogP contribution is 2.27. The number of phenols is 1. The molecule has 0 atom stereocenters. The highest BCUT2D eigenvalue weighted by molar-refractivity contribution is 6.30. The summed E-state index contributed by atoms with van der Waals surface area (Å²) in [6.07, 6.45) is 1.06. The highest BCUT2D eigenvalue weighted by Gasteiger charge is 2.17. The third kappa shape index (κ3) is 4.46. The maximum absolute atomic E-state index is 12.1. The topological polar surface area (TPSA) is 128 Å². The number of phenolic OH excluding ortho intramolecular Hbond substituents is 1. The zero-order chi connectivity index (χ0) is 18.4. The van der Waals surface area contributed by atoms with Crippen molar-refractivity contribution in [1.29, 1.82) is 5.26 Å². The van der Waals surface area contributed by atoms with E-state index in [0.717, 1.165) is 6.20 Å². The largest absolute Gasteiger partial charge is 0.506 e. The van der Waals surface area contributed by atoms with Crippen molar-refractivity contribution in [1.82, 2.24) is 0 Å². The van der Waals surface area contributed by atoms with Crippen molar-refractivity contribution in [3.63, 3.8) is 0 Å². The van der Waals surface area contributed by atoms with Crippen molar-refractivity contribution in [3.8, 4) is 11.8 Å². The molecule has 2 rings (SSSR count). The van der Waals surface area contributed by atoms with Crippen molar-refractivity contribution >= 4 is 34.6 Å². The number of amides is 1. The molecule has 0 radical (unpaired) electrons. The molecular formula is C16H11ClN4O4. The van der Waals surface area contributed by atoms with Gasteiger partial charge in [0.05, 0.1) is 10.6 Å². The quantitative estimate of drug-likeness (QED) is 0.247. The van der Waals surface area contributed by atoms with Crippen LogP contribution in [0.2, 0.25) is 5.02 Å². The van der Waals surface area contributed by atoms with Gasteiger partial charge in [0, 0.05) is 17.3 Å². The van der Waals surface area contributed by atoms with Gasteiger partial charge in [0.1, 0.15) is 23.1 Å². The van der Waals surface area contributed by atoms with Gasteiger partial charge in [-0.25, -0.2) is 0 Å². The van der Waals surface area contributed by atoms with E-state index >= 15 is 0 Å². The van der Waals surface area contributed by atoms with E-state index in [4.69, 9.17) is 16.9 Å². The van der Waals surface area contributed by atoms with Crippen LogP contribution in [0.5, 0.6) is 5.75 Å². The lowest BCUT2D eigenvalue weighted by Gasteiger charge is -2.07. The number of rotatable bonds is 5.